The number of carboxylic acid groups (broad SMARTS) is 1. The minimum atomic E-state index is -0.932. The minimum absolute atomic E-state index is 0.166. The lowest BCUT2D eigenvalue weighted by Gasteiger charge is -2.38. The zero-order chi connectivity index (χ0) is 23.8. The SMILES string of the molecule is Cc1c(C2CCC(C(=O)O)N2)nc2cc(F)cc(F)c2c1N(c1cccnc1)C1COCCN1. The first-order chi connectivity index (χ1) is 16.4. The molecule has 4 heterocycles. The number of fused-ring (bicyclic) bond motifs is 1. The topological polar surface area (TPSA) is 99.6 Å². The molecule has 0 bridgehead atoms. The van der Waals surface area contributed by atoms with E-state index in [0.29, 0.717) is 55.2 Å². The van der Waals surface area contributed by atoms with E-state index in [2.05, 4.69) is 20.6 Å². The van der Waals surface area contributed by atoms with Gasteiger partial charge in [-0.1, -0.05) is 0 Å². The van der Waals surface area contributed by atoms with Gasteiger partial charge in [0.15, 0.2) is 0 Å². The van der Waals surface area contributed by atoms with Gasteiger partial charge in [0.25, 0.3) is 0 Å². The third kappa shape index (κ3) is 4.08. The summed E-state index contributed by atoms with van der Waals surface area (Å²) in [6, 6.07) is 4.66. The van der Waals surface area contributed by atoms with Crippen molar-refractivity contribution < 1.29 is 23.4 Å². The number of nitrogens with zero attached hydrogens (tertiary/aromatic N) is 3. The number of anilines is 2. The molecule has 3 aromatic rings. The van der Waals surface area contributed by atoms with E-state index in [1.807, 2.05) is 17.9 Å². The predicted molar refractivity (Wildman–Crippen MR) is 122 cm³/mol. The summed E-state index contributed by atoms with van der Waals surface area (Å²) in [4.78, 5) is 22.3. The molecule has 2 saturated heterocycles. The Labute approximate surface area is 195 Å². The largest absolute Gasteiger partial charge is 0.480 e. The van der Waals surface area contributed by atoms with E-state index in [-0.39, 0.29) is 23.1 Å². The Hall–Kier alpha value is -3.21. The van der Waals surface area contributed by atoms with Crippen molar-refractivity contribution in [3.63, 3.8) is 0 Å². The first kappa shape index (κ1) is 22.6. The van der Waals surface area contributed by atoms with Crippen LogP contribution in [0.5, 0.6) is 0 Å². The standard InChI is InChI=1S/C24H25F2N5O3/c1-13-22(17-4-5-18(29-17)24(32)33)30-19-10-14(25)9-16(26)21(19)23(13)31(15-3-2-6-27-11-15)20-12-34-8-7-28-20/h2-3,6,9-11,17-18,20,28-29H,4-5,7-8,12H2,1H3,(H,32,33). The number of aromatic nitrogens is 2. The molecule has 0 radical (unpaired) electrons. The summed E-state index contributed by atoms with van der Waals surface area (Å²) in [6.07, 6.45) is 3.99. The van der Waals surface area contributed by atoms with Crippen molar-refractivity contribution >= 4 is 28.2 Å². The molecule has 178 valence electrons. The highest BCUT2D eigenvalue weighted by Gasteiger charge is 2.35. The molecule has 34 heavy (non-hydrogen) atoms. The molecule has 0 aliphatic carbocycles. The molecule has 5 rings (SSSR count). The summed E-state index contributed by atoms with van der Waals surface area (Å²) >= 11 is 0. The number of morpholine rings is 1. The number of pyridine rings is 2. The maximum Gasteiger partial charge on any atom is 0.320 e. The van der Waals surface area contributed by atoms with Crippen molar-refractivity contribution in [1.29, 1.82) is 0 Å². The Morgan fingerprint density at radius 2 is 2.15 bits per heavy atom. The number of nitrogens with one attached hydrogen (secondary N) is 2. The van der Waals surface area contributed by atoms with Crippen LogP contribution in [-0.4, -0.2) is 53.0 Å². The van der Waals surface area contributed by atoms with E-state index in [1.54, 1.807) is 18.5 Å². The van der Waals surface area contributed by atoms with Gasteiger partial charge in [0.2, 0.25) is 0 Å². The number of halogens is 2. The van der Waals surface area contributed by atoms with Crippen molar-refractivity contribution in [2.24, 2.45) is 0 Å². The number of rotatable bonds is 5. The van der Waals surface area contributed by atoms with E-state index in [1.165, 1.54) is 6.07 Å². The lowest BCUT2D eigenvalue weighted by atomic mass is 9.99. The molecule has 3 N–H and O–H groups in total. The number of hydrogen-bond donors (Lipinski definition) is 3. The lowest BCUT2D eigenvalue weighted by molar-refractivity contribution is -0.139. The summed E-state index contributed by atoms with van der Waals surface area (Å²) in [7, 11) is 0. The van der Waals surface area contributed by atoms with Crippen LogP contribution in [0.3, 0.4) is 0 Å². The summed E-state index contributed by atoms with van der Waals surface area (Å²) in [5.74, 6) is -2.38. The van der Waals surface area contributed by atoms with Crippen LogP contribution in [0.2, 0.25) is 0 Å². The van der Waals surface area contributed by atoms with E-state index in [9.17, 15) is 14.3 Å². The molecule has 2 aliphatic rings. The molecule has 8 nitrogen and oxygen atoms in total. The van der Waals surface area contributed by atoms with Crippen LogP contribution in [0.1, 0.15) is 30.1 Å². The van der Waals surface area contributed by atoms with Gasteiger partial charge in [-0.15, -0.1) is 0 Å². The average Bonchev–Trinajstić information content (AvgIpc) is 3.32. The maximum atomic E-state index is 15.3. The Morgan fingerprint density at radius 3 is 2.82 bits per heavy atom. The normalized spacial score (nSPS) is 22.7. The molecule has 3 unspecified atom stereocenters. The highest BCUT2D eigenvalue weighted by Crippen LogP contribution is 2.41. The van der Waals surface area contributed by atoms with Gasteiger partial charge in [-0.2, -0.15) is 0 Å². The quantitative estimate of drug-likeness (QED) is 0.524. The summed E-state index contributed by atoms with van der Waals surface area (Å²) in [6.45, 7) is 3.35. The number of carboxylic acids is 1. The molecule has 0 saturated carbocycles. The van der Waals surface area contributed by atoms with Gasteiger partial charge in [-0.05, 0) is 37.5 Å². The monoisotopic (exact) mass is 469 g/mol. The zero-order valence-electron chi connectivity index (χ0n) is 18.6. The van der Waals surface area contributed by atoms with Crippen molar-refractivity contribution in [2.75, 3.05) is 24.7 Å². The highest BCUT2D eigenvalue weighted by atomic mass is 19.1. The van der Waals surface area contributed by atoms with Crippen LogP contribution in [-0.2, 0) is 9.53 Å². The molecule has 2 fully saturated rings. The number of carbonyl (C=O) groups is 1. The Bertz CT molecular complexity index is 1220. The molecule has 2 aromatic heterocycles. The summed E-state index contributed by atoms with van der Waals surface area (Å²) < 4.78 is 35.3. The first-order valence-electron chi connectivity index (χ1n) is 11.2. The van der Waals surface area contributed by atoms with Gasteiger partial charge in [-0.3, -0.25) is 25.4 Å². The second kappa shape index (κ2) is 9.21. The van der Waals surface area contributed by atoms with Crippen LogP contribution >= 0.6 is 0 Å². The van der Waals surface area contributed by atoms with Crippen LogP contribution in [0, 0.1) is 18.6 Å². The first-order valence-corrected chi connectivity index (χ1v) is 11.2. The summed E-state index contributed by atoms with van der Waals surface area (Å²) in [5.41, 5.74) is 2.64. The maximum absolute atomic E-state index is 15.3. The molecule has 2 aliphatic heterocycles. The fraction of sp³-hybridized carbons (Fsp3) is 0.375. The fourth-order valence-electron chi connectivity index (χ4n) is 4.88. The molecule has 1 aromatic carbocycles. The molecular formula is C24H25F2N5O3. The van der Waals surface area contributed by atoms with E-state index in [0.717, 1.165) is 6.07 Å². The van der Waals surface area contributed by atoms with Crippen LogP contribution in [0.15, 0.2) is 36.7 Å². The minimum Gasteiger partial charge on any atom is -0.480 e. The van der Waals surface area contributed by atoms with Gasteiger partial charge in [0, 0.05) is 24.9 Å². The van der Waals surface area contributed by atoms with Crippen LogP contribution < -0.4 is 15.5 Å². The fourth-order valence-corrected chi connectivity index (χ4v) is 4.88. The Kier molecular flexibility index (Phi) is 6.11. The average molecular weight is 469 g/mol. The Morgan fingerprint density at radius 1 is 1.29 bits per heavy atom. The highest BCUT2D eigenvalue weighted by molar-refractivity contribution is 5.97. The van der Waals surface area contributed by atoms with Crippen molar-refractivity contribution in [3.8, 4) is 0 Å². The molecule has 0 amide bonds. The van der Waals surface area contributed by atoms with Gasteiger partial charge in [0.05, 0.1) is 53.4 Å². The zero-order valence-corrected chi connectivity index (χ0v) is 18.6. The third-order valence-corrected chi connectivity index (χ3v) is 6.40. The van der Waals surface area contributed by atoms with Crippen molar-refractivity contribution in [1.82, 2.24) is 20.6 Å². The molecular weight excluding hydrogens is 444 g/mol. The second-order valence-electron chi connectivity index (χ2n) is 8.57. The van der Waals surface area contributed by atoms with Gasteiger partial charge in [0.1, 0.15) is 23.8 Å². The van der Waals surface area contributed by atoms with Crippen molar-refractivity contribution in [2.45, 2.75) is 38.0 Å². The van der Waals surface area contributed by atoms with Gasteiger partial charge < -0.3 is 14.7 Å². The van der Waals surface area contributed by atoms with E-state index in [4.69, 9.17) is 4.74 Å². The number of aliphatic carboxylic acids is 1. The summed E-state index contributed by atoms with van der Waals surface area (Å²) in [5, 5.41) is 16.1. The second-order valence-corrected chi connectivity index (χ2v) is 8.57. The number of hydrogen-bond acceptors (Lipinski definition) is 7. The van der Waals surface area contributed by atoms with Crippen LogP contribution in [0.25, 0.3) is 10.9 Å². The van der Waals surface area contributed by atoms with Crippen molar-refractivity contribution in [3.05, 3.63) is 59.6 Å². The predicted octanol–water partition coefficient (Wildman–Crippen LogP) is 3.18. The third-order valence-electron chi connectivity index (χ3n) is 6.40. The van der Waals surface area contributed by atoms with E-state index < -0.39 is 23.6 Å². The molecule has 3 atom stereocenters. The Balaban J connectivity index is 1.75. The lowest BCUT2D eigenvalue weighted by Crippen LogP contribution is -2.51. The number of ether oxygens (including phenoxy) is 1. The number of benzene rings is 1. The molecule has 0 spiro atoms. The molecule has 10 heteroatoms. The van der Waals surface area contributed by atoms with E-state index >= 15 is 4.39 Å². The smallest absolute Gasteiger partial charge is 0.320 e. The van der Waals surface area contributed by atoms with Gasteiger partial charge in [-0.25, -0.2) is 8.78 Å². The van der Waals surface area contributed by atoms with Crippen LogP contribution in [0.4, 0.5) is 20.2 Å². The van der Waals surface area contributed by atoms with Gasteiger partial charge >= 0.3 is 5.97 Å².